The zero-order valence-electron chi connectivity index (χ0n) is 13.6. The van der Waals surface area contributed by atoms with Crippen LogP contribution >= 0.6 is 11.6 Å². The lowest BCUT2D eigenvalue weighted by Crippen LogP contribution is -2.28. The predicted octanol–water partition coefficient (Wildman–Crippen LogP) is 3.41. The van der Waals surface area contributed by atoms with Crippen molar-refractivity contribution in [2.24, 2.45) is 0 Å². The smallest absolute Gasteiger partial charge is 0.258 e. The molecule has 23 heavy (non-hydrogen) atoms. The number of rotatable bonds is 6. The number of ether oxygens (including phenoxy) is 1. The van der Waals surface area contributed by atoms with E-state index in [9.17, 15) is 4.79 Å². The van der Waals surface area contributed by atoms with Crippen LogP contribution in [0.2, 0.25) is 5.02 Å². The molecule has 122 valence electrons. The van der Waals surface area contributed by atoms with Crippen molar-refractivity contribution in [1.82, 2.24) is 5.32 Å². The average molecular weight is 333 g/mol. The third-order valence-electron chi connectivity index (χ3n) is 3.39. The number of anilines is 1. The van der Waals surface area contributed by atoms with Crippen molar-refractivity contribution in [2.45, 2.75) is 13.5 Å². The molecule has 2 aromatic rings. The van der Waals surface area contributed by atoms with Crippen molar-refractivity contribution in [1.29, 1.82) is 0 Å². The van der Waals surface area contributed by atoms with Crippen LogP contribution in [0.1, 0.15) is 11.1 Å². The minimum atomic E-state index is -0.181. The molecular formula is C18H21ClN2O2. The Hall–Kier alpha value is -2.20. The zero-order chi connectivity index (χ0) is 16.8. The predicted molar refractivity (Wildman–Crippen MR) is 94.3 cm³/mol. The van der Waals surface area contributed by atoms with Gasteiger partial charge in [0.05, 0.1) is 5.02 Å². The van der Waals surface area contributed by atoms with E-state index in [0.717, 1.165) is 16.8 Å². The van der Waals surface area contributed by atoms with E-state index < -0.39 is 0 Å². The minimum Gasteiger partial charge on any atom is -0.482 e. The van der Waals surface area contributed by atoms with Crippen LogP contribution in [-0.4, -0.2) is 26.6 Å². The third-order valence-corrected chi connectivity index (χ3v) is 3.70. The van der Waals surface area contributed by atoms with Crippen molar-refractivity contribution < 1.29 is 9.53 Å². The maximum absolute atomic E-state index is 11.9. The van der Waals surface area contributed by atoms with E-state index in [1.54, 1.807) is 6.07 Å². The summed E-state index contributed by atoms with van der Waals surface area (Å²) in [6, 6.07) is 13.5. The molecule has 0 aliphatic rings. The van der Waals surface area contributed by atoms with E-state index in [-0.39, 0.29) is 12.5 Å². The van der Waals surface area contributed by atoms with E-state index >= 15 is 0 Å². The number of benzene rings is 2. The monoisotopic (exact) mass is 332 g/mol. The highest BCUT2D eigenvalue weighted by atomic mass is 35.5. The van der Waals surface area contributed by atoms with Crippen LogP contribution in [0.4, 0.5) is 5.69 Å². The number of nitrogens with one attached hydrogen (secondary N) is 1. The van der Waals surface area contributed by atoms with Crippen LogP contribution in [0.3, 0.4) is 0 Å². The van der Waals surface area contributed by atoms with E-state index in [1.165, 1.54) is 0 Å². The molecule has 0 bridgehead atoms. The molecule has 2 rings (SSSR count). The summed E-state index contributed by atoms with van der Waals surface area (Å²) in [6.45, 7) is 2.36. The van der Waals surface area contributed by atoms with Gasteiger partial charge < -0.3 is 15.0 Å². The number of nitrogens with zero attached hydrogens (tertiary/aromatic N) is 1. The Labute approximate surface area is 142 Å². The van der Waals surface area contributed by atoms with Crippen molar-refractivity contribution in [3.8, 4) is 5.75 Å². The molecule has 1 N–H and O–H groups in total. The summed E-state index contributed by atoms with van der Waals surface area (Å²) in [5, 5.41) is 3.33. The summed E-state index contributed by atoms with van der Waals surface area (Å²) < 4.78 is 5.47. The number of halogens is 1. The van der Waals surface area contributed by atoms with Crippen LogP contribution < -0.4 is 15.0 Å². The van der Waals surface area contributed by atoms with Gasteiger partial charge in [-0.1, -0.05) is 29.8 Å². The average Bonchev–Trinajstić information content (AvgIpc) is 2.54. The number of hydrogen-bond donors (Lipinski definition) is 1. The quantitative estimate of drug-likeness (QED) is 0.881. The van der Waals surface area contributed by atoms with Crippen molar-refractivity contribution in [3.63, 3.8) is 0 Å². The highest BCUT2D eigenvalue weighted by Gasteiger charge is 2.06. The molecule has 0 saturated carbocycles. The number of hydrogen-bond acceptors (Lipinski definition) is 3. The molecule has 0 aliphatic carbocycles. The molecule has 0 unspecified atom stereocenters. The second-order valence-electron chi connectivity index (χ2n) is 5.56. The Morgan fingerprint density at radius 1 is 1.17 bits per heavy atom. The first-order valence-corrected chi connectivity index (χ1v) is 7.75. The third kappa shape index (κ3) is 5.18. The molecule has 0 spiro atoms. The fourth-order valence-corrected chi connectivity index (χ4v) is 2.20. The van der Waals surface area contributed by atoms with Crippen molar-refractivity contribution in [2.75, 3.05) is 25.6 Å². The molecule has 0 atom stereocenters. The van der Waals surface area contributed by atoms with Gasteiger partial charge in [0.1, 0.15) is 5.75 Å². The Morgan fingerprint density at radius 2 is 1.87 bits per heavy atom. The van der Waals surface area contributed by atoms with Crippen LogP contribution in [0.15, 0.2) is 42.5 Å². The fraction of sp³-hybridized carbons (Fsp3) is 0.278. The van der Waals surface area contributed by atoms with Crippen molar-refractivity contribution in [3.05, 3.63) is 58.6 Å². The van der Waals surface area contributed by atoms with Gasteiger partial charge in [0.25, 0.3) is 5.91 Å². The highest BCUT2D eigenvalue weighted by Crippen LogP contribution is 2.25. The summed E-state index contributed by atoms with van der Waals surface area (Å²) in [5.41, 5.74) is 3.20. The first-order chi connectivity index (χ1) is 11.0. The second kappa shape index (κ2) is 7.88. The van der Waals surface area contributed by atoms with E-state index in [2.05, 4.69) is 5.32 Å². The summed E-state index contributed by atoms with van der Waals surface area (Å²) in [6.07, 6.45) is 0. The molecular weight excluding hydrogens is 312 g/mol. The van der Waals surface area contributed by atoms with E-state index in [4.69, 9.17) is 16.3 Å². The number of carbonyl (C=O) groups excluding carboxylic acids is 1. The Kier molecular flexibility index (Phi) is 5.88. The molecule has 0 fully saturated rings. The van der Waals surface area contributed by atoms with Gasteiger partial charge in [-0.2, -0.15) is 0 Å². The lowest BCUT2D eigenvalue weighted by atomic mass is 10.2. The Balaban J connectivity index is 1.82. The summed E-state index contributed by atoms with van der Waals surface area (Å²) in [5.74, 6) is 0.344. The zero-order valence-corrected chi connectivity index (χ0v) is 14.4. The summed E-state index contributed by atoms with van der Waals surface area (Å²) >= 11 is 6.03. The van der Waals surface area contributed by atoms with Crippen LogP contribution in [0.25, 0.3) is 0 Å². The van der Waals surface area contributed by atoms with Gasteiger partial charge in [-0.05, 0) is 42.3 Å². The highest BCUT2D eigenvalue weighted by molar-refractivity contribution is 6.32. The first-order valence-electron chi connectivity index (χ1n) is 7.37. The van der Waals surface area contributed by atoms with E-state index in [0.29, 0.717) is 17.3 Å². The number of aryl methyl sites for hydroxylation is 1. The topological polar surface area (TPSA) is 41.6 Å². The van der Waals surface area contributed by atoms with Crippen LogP contribution in [0.5, 0.6) is 5.75 Å². The van der Waals surface area contributed by atoms with Gasteiger partial charge in [-0.3, -0.25) is 4.79 Å². The maximum Gasteiger partial charge on any atom is 0.258 e. The van der Waals surface area contributed by atoms with Gasteiger partial charge in [0, 0.05) is 26.3 Å². The van der Waals surface area contributed by atoms with Crippen molar-refractivity contribution >= 4 is 23.2 Å². The summed E-state index contributed by atoms with van der Waals surface area (Å²) in [7, 11) is 3.98. The Morgan fingerprint density at radius 3 is 2.52 bits per heavy atom. The molecule has 4 nitrogen and oxygen atoms in total. The number of carbonyl (C=O) groups is 1. The molecule has 2 aromatic carbocycles. The molecule has 0 saturated heterocycles. The van der Waals surface area contributed by atoms with Crippen LogP contribution in [0, 0.1) is 6.92 Å². The van der Waals surface area contributed by atoms with Crippen LogP contribution in [-0.2, 0) is 11.3 Å². The molecule has 0 aliphatic heterocycles. The lowest BCUT2D eigenvalue weighted by molar-refractivity contribution is -0.123. The lowest BCUT2D eigenvalue weighted by Gasteiger charge is -2.13. The van der Waals surface area contributed by atoms with Gasteiger partial charge in [0.15, 0.2) is 6.61 Å². The normalized spacial score (nSPS) is 10.3. The van der Waals surface area contributed by atoms with Gasteiger partial charge in [-0.25, -0.2) is 0 Å². The molecule has 0 radical (unpaired) electrons. The maximum atomic E-state index is 11.9. The standard InChI is InChI=1S/C18H21ClN2O2/c1-13-4-9-16(19)17(10-13)23-12-18(22)20-11-14-5-7-15(8-6-14)21(2)3/h4-10H,11-12H2,1-3H3,(H,20,22). The van der Waals surface area contributed by atoms with Gasteiger partial charge in [0.2, 0.25) is 0 Å². The summed E-state index contributed by atoms with van der Waals surface area (Å²) in [4.78, 5) is 13.9. The minimum absolute atomic E-state index is 0.0566. The first kappa shape index (κ1) is 17.2. The largest absolute Gasteiger partial charge is 0.482 e. The fourth-order valence-electron chi connectivity index (χ4n) is 2.03. The molecule has 5 heteroatoms. The molecule has 1 amide bonds. The SMILES string of the molecule is Cc1ccc(Cl)c(OCC(=O)NCc2ccc(N(C)C)cc2)c1. The van der Waals surface area contributed by atoms with Gasteiger partial charge in [-0.15, -0.1) is 0 Å². The van der Waals surface area contributed by atoms with E-state index in [1.807, 2.05) is 62.3 Å². The Bertz CT molecular complexity index is 669. The van der Waals surface area contributed by atoms with Gasteiger partial charge >= 0.3 is 0 Å². The number of amides is 1. The second-order valence-corrected chi connectivity index (χ2v) is 5.97. The molecule has 0 aromatic heterocycles. The molecule has 0 heterocycles.